The van der Waals surface area contributed by atoms with Crippen LogP contribution in [0, 0.1) is 5.41 Å². The summed E-state index contributed by atoms with van der Waals surface area (Å²) in [5.41, 5.74) is 7.81. The molecular weight excluding hydrogens is 957 g/mol. The molecular formula is C50H68N14O10. The molecule has 1 fully saturated rings. The highest BCUT2D eigenvalue weighted by Crippen LogP contribution is 2.20. The van der Waals surface area contributed by atoms with Crippen molar-refractivity contribution >= 4 is 70.1 Å². The first-order chi connectivity index (χ1) is 35.5. The van der Waals surface area contributed by atoms with E-state index >= 15 is 0 Å². The highest BCUT2D eigenvalue weighted by Gasteiger charge is 2.35. The smallest absolute Gasteiger partial charge is 0.326 e. The summed E-state index contributed by atoms with van der Waals surface area (Å²) in [6.45, 7) is 3.25. The summed E-state index contributed by atoms with van der Waals surface area (Å²) in [7, 11) is 0. The molecule has 398 valence electrons. The van der Waals surface area contributed by atoms with Crippen molar-refractivity contribution in [1.82, 2.24) is 62.8 Å². The van der Waals surface area contributed by atoms with Crippen LogP contribution in [0.3, 0.4) is 0 Å². The van der Waals surface area contributed by atoms with E-state index in [0.29, 0.717) is 29.7 Å². The third-order valence-corrected chi connectivity index (χ3v) is 12.3. The lowest BCUT2D eigenvalue weighted by atomic mass is 10.0. The Morgan fingerprint density at radius 3 is 2.12 bits per heavy atom. The van der Waals surface area contributed by atoms with Crippen molar-refractivity contribution in [3.63, 3.8) is 0 Å². The van der Waals surface area contributed by atoms with Gasteiger partial charge in [0.25, 0.3) is 0 Å². The molecule has 5 rings (SSSR count). The molecule has 0 radical (unpaired) electrons. The summed E-state index contributed by atoms with van der Waals surface area (Å²) in [6.07, 6.45) is 5.32. The van der Waals surface area contributed by atoms with Crippen LogP contribution in [0.25, 0.3) is 10.9 Å². The van der Waals surface area contributed by atoms with Crippen molar-refractivity contribution in [2.75, 3.05) is 13.1 Å². The quantitative estimate of drug-likeness (QED) is 0.0363. The number of aromatic nitrogens is 3. The van der Waals surface area contributed by atoms with E-state index in [9.17, 15) is 48.3 Å². The van der Waals surface area contributed by atoms with Gasteiger partial charge < -0.3 is 68.7 Å². The van der Waals surface area contributed by atoms with Crippen LogP contribution < -0.4 is 53.6 Å². The van der Waals surface area contributed by atoms with Crippen LogP contribution in [0.1, 0.15) is 88.5 Å². The van der Waals surface area contributed by atoms with E-state index in [1.165, 1.54) is 19.4 Å². The maximum atomic E-state index is 14.7. The molecule has 3 heterocycles. The molecule has 24 nitrogen and oxygen atoms in total. The fourth-order valence-corrected chi connectivity index (χ4v) is 8.39. The van der Waals surface area contributed by atoms with E-state index in [-0.39, 0.29) is 76.8 Å². The molecule has 4 aromatic rings. The van der Waals surface area contributed by atoms with E-state index in [2.05, 4.69) is 62.8 Å². The fraction of sp³-hybridized carbons (Fsp3) is 0.460. The number of fused-ring (bicyclic) bond motifs is 1. The van der Waals surface area contributed by atoms with Crippen LogP contribution in [0.2, 0.25) is 0 Å². The predicted octanol–water partition coefficient (Wildman–Crippen LogP) is -0.439. The van der Waals surface area contributed by atoms with Gasteiger partial charge in [-0.1, -0.05) is 68.3 Å². The lowest BCUT2D eigenvalue weighted by Gasteiger charge is -2.28. The molecule has 0 bridgehead atoms. The average molecular weight is 1030 g/mol. The zero-order chi connectivity index (χ0) is 53.6. The zero-order valence-corrected chi connectivity index (χ0v) is 41.5. The number of aromatic amines is 2. The maximum Gasteiger partial charge on any atom is 0.326 e. The predicted molar refractivity (Wildman–Crippen MR) is 271 cm³/mol. The molecule has 0 aliphatic carbocycles. The van der Waals surface area contributed by atoms with E-state index in [1.807, 2.05) is 25.1 Å². The number of hydrogen-bond donors (Lipinski definition) is 14. The molecule has 2 aromatic heterocycles. The highest BCUT2D eigenvalue weighted by atomic mass is 16.4. The molecule has 1 saturated heterocycles. The van der Waals surface area contributed by atoms with Gasteiger partial charge in [0, 0.05) is 62.6 Å². The van der Waals surface area contributed by atoms with Gasteiger partial charge in [-0.05, 0) is 55.7 Å². The number of carbonyl (C=O) groups excluding carboxylic acids is 8. The second-order valence-corrected chi connectivity index (χ2v) is 18.2. The van der Waals surface area contributed by atoms with Crippen molar-refractivity contribution in [1.29, 1.82) is 5.41 Å². The number of aliphatic carboxylic acids is 1. The van der Waals surface area contributed by atoms with Gasteiger partial charge in [0.2, 0.25) is 47.3 Å². The van der Waals surface area contributed by atoms with Crippen LogP contribution in [-0.2, 0) is 62.4 Å². The van der Waals surface area contributed by atoms with Crippen LogP contribution in [0.15, 0.2) is 73.3 Å². The van der Waals surface area contributed by atoms with Gasteiger partial charge in [0.1, 0.15) is 42.3 Å². The number of amides is 8. The van der Waals surface area contributed by atoms with Crippen LogP contribution in [-0.4, -0.2) is 135 Å². The number of carbonyl (C=O) groups is 9. The topological polar surface area (TPSA) is 376 Å². The molecule has 1 aliphatic rings. The van der Waals surface area contributed by atoms with Crippen molar-refractivity contribution in [2.24, 2.45) is 5.73 Å². The minimum Gasteiger partial charge on any atom is -0.480 e. The molecule has 7 atom stereocenters. The minimum absolute atomic E-state index is 0.00299. The Morgan fingerprint density at radius 2 is 1.45 bits per heavy atom. The van der Waals surface area contributed by atoms with Gasteiger partial charge in [0.05, 0.1) is 18.4 Å². The van der Waals surface area contributed by atoms with Crippen molar-refractivity contribution < 1.29 is 48.3 Å². The summed E-state index contributed by atoms with van der Waals surface area (Å²) in [4.78, 5) is 135. The van der Waals surface area contributed by atoms with E-state index in [0.717, 1.165) is 10.9 Å². The van der Waals surface area contributed by atoms with Crippen LogP contribution >= 0.6 is 0 Å². The molecule has 0 saturated carbocycles. The number of nitrogens with zero attached hydrogens (tertiary/aromatic N) is 1. The Hall–Kier alpha value is -8.31. The zero-order valence-electron chi connectivity index (χ0n) is 41.5. The van der Waals surface area contributed by atoms with Gasteiger partial charge in [-0.2, -0.15) is 0 Å². The number of carboxylic acid groups (broad SMARTS) is 1. The number of rotatable bonds is 17. The minimum atomic E-state index is -1.60. The Balaban J connectivity index is 1.55. The average Bonchev–Trinajstić information content (AvgIpc) is 4.04. The number of para-hydroxylation sites is 1. The van der Waals surface area contributed by atoms with Gasteiger partial charge in [0.15, 0.2) is 5.96 Å². The number of benzene rings is 2. The number of carboxylic acids is 1. The van der Waals surface area contributed by atoms with E-state index in [1.54, 1.807) is 42.6 Å². The monoisotopic (exact) mass is 1020 g/mol. The van der Waals surface area contributed by atoms with Crippen molar-refractivity contribution in [2.45, 2.75) is 133 Å². The number of unbranched alkanes of at least 4 members (excludes halogenated alkanes) is 1. The number of nitrogens with one attached hydrogen (secondary N) is 12. The molecule has 0 spiro atoms. The van der Waals surface area contributed by atoms with Gasteiger partial charge in [-0.25, -0.2) is 9.78 Å². The lowest BCUT2D eigenvalue weighted by Crippen LogP contribution is -2.61. The molecule has 15 N–H and O–H groups in total. The Kier molecular flexibility index (Phi) is 21.9. The summed E-state index contributed by atoms with van der Waals surface area (Å²) in [6, 6.07) is 6.17. The normalized spacial score (nSPS) is 21.3. The number of imidazole rings is 1. The number of H-pyrrole nitrogens is 2. The Morgan fingerprint density at radius 1 is 0.797 bits per heavy atom. The molecule has 24 heteroatoms. The second kappa shape index (κ2) is 28.7. The fourth-order valence-electron chi connectivity index (χ4n) is 8.39. The summed E-state index contributed by atoms with van der Waals surface area (Å²) >= 11 is 0. The van der Waals surface area contributed by atoms with Gasteiger partial charge >= 0.3 is 5.97 Å². The van der Waals surface area contributed by atoms with Crippen LogP contribution in [0.4, 0.5) is 0 Å². The second-order valence-electron chi connectivity index (χ2n) is 18.2. The molecule has 3 unspecified atom stereocenters. The largest absolute Gasteiger partial charge is 0.480 e. The molecule has 2 aromatic carbocycles. The molecule has 74 heavy (non-hydrogen) atoms. The van der Waals surface area contributed by atoms with Crippen molar-refractivity contribution in [3.8, 4) is 0 Å². The molecule has 8 amide bonds. The standard InChI is InChI=1S/C50H68N14O10/c1-3-4-16-35(58-29(2)65)43(67)64-41-25-42(66)54-20-11-10-18-37(49(73)74)60-46(70)39(23-31-26-56-34-17-9-8-15-33(31)34)62-44(68)36(19-12-21-55-50(51)52)59-45(69)38(22-30-13-6-5-7-14-30)61-47(71)40(63-48(41)72)24-32-27-53-28-57-32/h5-9,13-15,17,26-28,35-41,56H,3-4,10-12,16,18-25H2,1-2H3,(H,53,57)(H,54,66)(H,58,65)(H,59,69)(H,60,70)(H,61,71)(H,62,68)(H,63,72)(H,64,67)(H,73,74)(H4,51,52,55)/t35?,36-,37?,38+,39-,40-,41?/m0/s1. The SMILES string of the molecule is CCCCC(NC(C)=O)C(=O)NC1CC(=O)NCCCCC(C(=O)O)NC(=O)[C@H](Cc2c[nH]c3ccccc23)NC(=O)[C@H](CCCNC(=N)N)NC(=O)[C@@H](Cc2ccccc2)NC(=O)[C@H](Cc2c[nH]cn2)NC1=O. The number of nitrogens with two attached hydrogens (primary N) is 1. The van der Waals surface area contributed by atoms with E-state index in [4.69, 9.17) is 11.1 Å². The summed E-state index contributed by atoms with van der Waals surface area (Å²) in [5, 5.41) is 42.6. The third kappa shape index (κ3) is 18.1. The maximum absolute atomic E-state index is 14.7. The number of guanidine groups is 1. The Bertz CT molecular complexity index is 2570. The first kappa shape index (κ1) is 56.6. The first-order valence-corrected chi connectivity index (χ1v) is 24.7. The van der Waals surface area contributed by atoms with Gasteiger partial charge in [-0.3, -0.25) is 43.8 Å². The third-order valence-electron chi connectivity index (χ3n) is 12.3. The Labute approximate surface area is 427 Å². The van der Waals surface area contributed by atoms with E-state index < -0.39 is 102 Å². The molecule has 1 aliphatic heterocycles. The van der Waals surface area contributed by atoms with Gasteiger partial charge in [-0.15, -0.1) is 0 Å². The highest BCUT2D eigenvalue weighted by molar-refractivity contribution is 5.99. The lowest BCUT2D eigenvalue weighted by molar-refractivity contribution is -0.142. The summed E-state index contributed by atoms with van der Waals surface area (Å²) in [5.74, 6) is -7.96. The number of hydrogen-bond acceptors (Lipinski definition) is 11. The summed E-state index contributed by atoms with van der Waals surface area (Å²) < 4.78 is 0. The first-order valence-electron chi connectivity index (χ1n) is 24.7. The van der Waals surface area contributed by atoms with Crippen LogP contribution in [0.5, 0.6) is 0 Å². The van der Waals surface area contributed by atoms with Crippen molar-refractivity contribution in [3.05, 3.63) is 90.1 Å².